The summed E-state index contributed by atoms with van der Waals surface area (Å²) in [6.07, 6.45) is 2.31. The summed E-state index contributed by atoms with van der Waals surface area (Å²) in [5.41, 5.74) is 7.34. The van der Waals surface area contributed by atoms with Crippen LogP contribution in [0.1, 0.15) is 58.4 Å². The Morgan fingerprint density at radius 2 is 1.70 bits per heavy atom. The Kier molecular flexibility index (Phi) is 15.6. The molecule has 0 amide bonds. The molecule has 210 valence electrons. The second-order valence-electron chi connectivity index (χ2n) is 9.81. The second kappa shape index (κ2) is 17.8. The lowest BCUT2D eigenvalue weighted by Crippen LogP contribution is -2.39. The molecule has 4 N–H and O–H groups in total. The molecule has 0 aliphatic rings. The number of hydrogen-bond acceptors (Lipinski definition) is 8. The molecule has 0 fully saturated rings. The maximum Gasteiger partial charge on any atom is 0.306 e. The molecule has 0 unspecified atom stereocenters. The second-order valence-corrected chi connectivity index (χ2v) is 9.81. The minimum atomic E-state index is -0.939. The van der Waals surface area contributed by atoms with Crippen molar-refractivity contribution < 1.29 is 38.7 Å². The van der Waals surface area contributed by atoms with E-state index in [-0.39, 0.29) is 18.1 Å². The number of carboxylic acid groups (broad SMARTS) is 1. The van der Waals surface area contributed by atoms with Crippen LogP contribution in [0.25, 0.3) is 0 Å². The fraction of sp³-hybridized carbons (Fsp3) is 0.679. The molecule has 37 heavy (non-hydrogen) atoms. The number of hydrogen-bond donors (Lipinski definition) is 3. The van der Waals surface area contributed by atoms with E-state index < -0.39 is 24.0 Å². The Morgan fingerprint density at radius 3 is 2.30 bits per heavy atom. The maximum absolute atomic E-state index is 11.1. The quantitative estimate of drug-likeness (QED) is 0.133. The van der Waals surface area contributed by atoms with Crippen LogP contribution < -0.4 is 15.2 Å². The fourth-order valence-corrected chi connectivity index (χ4v) is 3.94. The Morgan fingerprint density at radius 1 is 1.03 bits per heavy atom. The number of aliphatic carboxylic acids is 1. The number of nitrogens with two attached hydrogens (primary N) is 1. The molecule has 0 aromatic heterocycles. The van der Waals surface area contributed by atoms with Crippen LogP contribution in [0.2, 0.25) is 0 Å². The van der Waals surface area contributed by atoms with Gasteiger partial charge in [0.15, 0.2) is 23.2 Å². The molecule has 4 atom stereocenters. The first-order chi connectivity index (χ1) is 17.6. The molecule has 9 heteroatoms. The van der Waals surface area contributed by atoms with Crippen LogP contribution in [0.4, 0.5) is 0 Å². The van der Waals surface area contributed by atoms with Gasteiger partial charge >= 0.3 is 5.97 Å². The zero-order chi connectivity index (χ0) is 27.8. The summed E-state index contributed by atoms with van der Waals surface area (Å²) in [6.45, 7) is 7.26. The van der Waals surface area contributed by atoms with E-state index >= 15 is 0 Å². The number of benzene rings is 1. The summed E-state index contributed by atoms with van der Waals surface area (Å²) in [6, 6.07) is 5.33. The van der Waals surface area contributed by atoms with Gasteiger partial charge < -0.3 is 34.9 Å². The number of carbonyl (C=O) groups excluding carboxylic acids is 1. The summed E-state index contributed by atoms with van der Waals surface area (Å²) in [5, 5.41) is 19.6. The van der Waals surface area contributed by atoms with Crippen molar-refractivity contribution >= 4 is 11.9 Å². The van der Waals surface area contributed by atoms with E-state index in [0.29, 0.717) is 56.5 Å². The van der Waals surface area contributed by atoms with Crippen molar-refractivity contribution in [2.75, 3.05) is 34.0 Å². The Bertz CT molecular complexity index is 853. The van der Waals surface area contributed by atoms with Crippen LogP contribution in [0.3, 0.4) is 0 Å². The van der Waals surface area contributed by atoms with Crippen LogP contribution in [0.15, 0.2) is 24.0 Å². The highest BCUT2D eigenvalue weighted by Crippen LogP contribution is 2.32. The molecular formula is C28H45NO8. The molecule has 0 aliphatic carbocycles. The van der Waals surface area contributed by atoms with Gasteiger partial charge in [-0.15, -0.1) is 0 Å². The lowest BCUT2D eigenvalue weighted by Gasteiger charge is -2.28. The summed E-state index contributed by atoms with van der Waals surface area (Å²) < 4.78 is 22.0. The molecule has 1 aromatic carbocycles. The van der Waals surface area contributed by atoms with Gasteiger partial charge in [0.2, 0.25) is 0 Å². The molecule has 0 aliphatic heterocycles. The van der Waals surface area contributed by atoms with Crippen LogP contribution in [-0.2, 0) is 25.5 Å². The number of aliphatic hydroxyl groups is 1. The van der Waals surface area contributed by atoms with Gasteiger partial charge in [-0.2, -0.15) is 0 Å². The summed E-state index contributed by atoms with van der Waals surface area (Å²) in [5.74, 6) is 2.17. The van der Waals surface area contributed by atoms with Crippen LogP contribution in [0.5, 0.6) is 11.5 Å². The van der Waals surface area contributed by atoms with E-state index in [1.807, 2.05) is 18.2 Å². The monoisotopic (exact) mass is 523 g/mol. The zero-order valence-electron chi connectivity index (χ0n) is 22.9. The highest BCUT2D eigenvalue weighted by molar-refractivity contribution is 5.69. The van der Waals surface area contributed by atoms with Gasteiger partial charge in [-0.05, 0) is 55.2 Å². The van der Waals surface area contributed by atoms with Crippen molar-refractivity contribution in [3.63, 3.8) is 0 Å². The molecular weight excluding hydrogens is 478 g/mol. The predicted molar refractivity (Wildman–Crippen MR) is 141 cm³/mol. The van der Waals surface area contributed by atoms with Crippen molar-refractivity contribution in [1.29, 1.82) is 0 Å². The van der Waals surface area contributed by atoms with E-state index in [1.54, 1.807) is 20.0 Å². The summed E-state index contributed by atoms with van der Waals surface area (Å²) in [4.78, 5) is 21.9. The lowest BCUT2D eigenvalue weighted by molar-refractivity contribution is -0.142. The molecule has 0 radical (unpaired) electrons. The van der Waals surface area contributed by atoms with E-state index in [9.17, 15) is 14.7 Å². The van der Waals surface area contributed by atoms with Gasteiger partial charge in [0.25, 0.3) is 0 Å². The first-order valence-corrected chi connectivity index (χ1v) is 12.9. The van der Waals surface area contributed by atoms with Gasteiger partial charge in [0.05, 0.1) is 32.3 Å². The third-order valence-electron chi connectivity index (χ3n) is 6.45. The highest BCUT2D eigenvalue weighted by atomic mass is 16.5. The average molecular weight is 524 g/mol. The fourth-order valence-electron chi connectivity index (χ4n) is 3.94. The van der Waals surface area contributed by atoms with Crippen LogP contribution in [-0.4, -0.2) is 68.3 Å². The van der Waals surface area contributed by atoms with Crippen molar-refractivity contribution in [3.8, 4) is 11.5 Å². The molecule has 0 saturated heterocycles. The minimum Gasteiger partial charge on any atom is -0.490 e. The molecule has 1 aromatic rings. The first-order valence-electron chi connectivity index (χ1n) is 12.9. The van der Waals surface area contributed by atoms with Crippen molar-refractivity contribution in [1.82, 2.24) is 0 Å². The molecule has 0 bridgehead atoms. The van der Waals surface area contributed by atoms with E-state index in [4.69, 9.17) is 29.8 Å². The first kappa shape index (κ1) is 32.4. The molecule has 0 saturated carbocycles. The topological polar surface area (TPSA) is 138 Å². The number of carbonyl (C=O) groups is 1. The van der Waals surface area contributed by atoms with Crippen molar-refractivity contribution in [3.05, 3.63) is 29.5 Å². The largest absolute Gasteiger partial charge is 0.490 e. The Labute approximate surface area is 220 Å². The highest BCUT2D eigenvalue weighted by Gasteiger charge is 2.26. The normalized spacial score (nSPS) is 14.4. The Balaban J connectivity index is 2.91. The van der Waals surface area contributed by atoms with Crippen molar-refractivity contribution in [2.24, 2.45) is 23.5 Å². The number of ether oxygens (including phenoxy) is 4. The molecule has 9 nitrogen and oxygen atoms in total. The number of aliphatic hydroxyl groups excluding tert-OH is 1. The van der Waals surface area contributed by atoms with E-state index in [0.717, 1.165) is 18.4 Å². The molecule has 1 rings (SSSR count). The van der Waals surface area contributed by atoms with Crippen molar-refractivity contribution in [2.45, 2.75) is 71.4 Å². The van der Waals surface area contributed by atoms with Gasteiger partial charge in [-0.25, -0.2) is 4.79 Å². The number of rotatable bonds is 20. The zero-order valence-corrected chi connectivity index (χ0v) is 22.9. The Hall–Kier alpha value is -2.58. The van der Waals surface area contributed by atoms with Gasteiger partial charge in [-0.3, -0.25) is 4.79 Å². The van der Waals surface area contributed by atoms with Crippen LogP contribution >= 0.6 is 0 Å². The van der Waals surface area contributed by atoms with Gasteiger partial charge in [0, 0.05) is 32.6 Å². The third-order valence-corrected chi connectivity index (χ3v) is 6.45. The van der Waals surface area contributed by atoms with Crippen LogP contribution in [0, 0.1) is 17.8 Å². The summed E-state index contributed by atoms with van der Waals surface area (Å²) >= 11 is 0. The standard InChI is InChI=1S/C28H45NO8/c1-19(2)22(17-24(29)25(31)14-20(3)28(32)33)15-21-9-10-26(27(16-21)37-13-7-11-34-4)36-12-6-8-23(18-30)35-5/h9-10,16,19-20,22,24-25,31H,6-8,11-15,17,29H2,1-5H3,(H,32,33)/t20-,22+,24+,25+/m1/s1. The third kappa shape index (κ3) is 12.5. The number of carboxylic acids is 1. The predicted octanol–water partition coefficient (Wildman–Crippen LogP) is 3.63. The lowest BCUT2D eigenvalue weighted by atomic mass is 9.82. The van der Waals surface area contributed by atoms with E-state index in [1.165, 1.54) is 7.11 Å². The number of methoxy groups -OCH3 is 2. The van der Waals surface area contributed by atoms with E-state index in [2.05, 4.69) is 13.8 Å². The average Bonchev–Trinajstić information content (AvgIpc) is 2.86. The molecule has 0 heterocycles. The summed E-state index contributed by atoms with van der Waals surface area (Å²) in [7, 11) is 3.09. The molecule has 0 spiro atoms. The smallest absolute Gasteiger partial charge is 0.306 e. The maximum atomic E-state index is 11.1. The minimum absolute atomic E-state index is 0.126. The SMILES string of the molecule is COCCCOc1cc(C[C@@H](C[C@H](N)[C@@H](O)C[C@@H](C)C(=O)O)C(C)C)ccc1OCCCC(=C=O)OC. The van der Waals surface area contributed by atoms with Gasteiger partial charge in [-0.1, -0.05) is 26.8 Å². The number of allylic oxidation sites excluding steroid dienone is 1. The van der Waals surface area contributed by atoms with Gasteiger partial charge in [0.1, 0.15) is 0 Å².